The topological polar surface area (TPSA) is 154 Å². The van der Waals surface area contributed by atoms with Crippen molar-refractivity contribution in [2.75, 3.05) is 6.54 Å². The number of carboxylic acid groups (broad SMARTS) is 1. The van der Waals surface area contributed by atoms with Crippen LogP contribution in [0.5, 0.6) is 0 Å². The molecule has 8 heteroatoms. The average Bonchev–Trinajstić information content (AvgIpc) is 3.67. The Hall–Kier alpha value is -4.66. The summed E-state index contributed by atoms with van der Waals surface area (Å²) in [5.74, 6) is -0.972. The third kappa shape index (κ3) is 7.01. The number of nitrogens with one attached hydrogen (secondary N) is 3. The molecule has 0 saturated heterocycles. The molecule has 0 aliphatic heterocycles. The number of carbonyl (C=O) groups excluding carboxylic acids is 1. The van der Waals surface area contributed by atoms with Gasteiger partial charge in [0.25, 0.3) is 0 Å². The van der Waals surface area contributed by atoms with Crippen molar-refractivity contribution in [3.8, 4) is 0 Å². The van der Waals surface area contributed by atoms with Crippen LogP contribution >= 0.6 is 0 Å². The predicted molar refractivity (Wildman–Crippen MR) is 157 cm³/mol. The monoisotopic (exact) mass is 523 g/mol. The normalized spacial score (nSPS) is 11.4. The quantitative estimate of drug-likeness (QED) is 0.167. The fourth-order valence-electron chi connectivity index (χ4n) is 4.45. The van der Waals surface area contributed by atoms with E-state index in [0.717, 1.165) is 45.8 Å². The molecule has 3 aromatic heterocycles. The average molecular weight is 524 g/mol. The van der Waals surface area contributed by atoms with Crippen LogP contribution in [-0.4, -0.2) is 44.9 Å². The minimum atomic E-state index is -0.972. The van der Waals surface area contributed by atoms with Gasteiger partial charge in [-0.2, -0.15) is 0 Å². The lowest BCUT2D eigenvalue weighted by Gasteiger charge is -2.04. The Kier molecular flexibility index (Phi) is 9.29. The van der Waals surface area contributed by atoms with E-state index < -0.39 is 12.0 Å². The molecular weight excluding hydrogens is 490 g/mol. The number of aldehydes is 1. The van der Waals surface area contributed by atoms with Crippen molar-refractivity contribution in [1.82, 2.24) is 15.0 Å². The van der Waals surface area contributed by atoms with Crippen LogP contribution in [-0.2, 0) is 28.9 Å². The Bertz CT molecular complexity index is 1630. The molecule has 0 spiro atoms. The first-order chi connectivity index (χ1) is 19.0. The number of H-pyrrole nitrogens is 3. The second kappa shape index (κ2) is 13.2. The van der Waals surface area contributed by atoms with Crippen LogP contribution in [0.2, 0.25) is 0 Å². The number of nitrogens with two attached hydrogens (primary N) is 2. The van der Waals surface area contributed by atoms with Crippen molar-refractivity contribution in [1.29, 1.82) is 0 Å². The second-order valence-corrected chi connectivity index (χ2v) is 9.16. The van der Waals surface area contributed by atoms with E-state index in [9.17, 15) is 9.59 Å². The first kappa shape index (κ1) is 27.4. The van der Waals surface area contributed by atoms with Crippen molar-refractivity contribution in [3.63, 3.8) is 0 Å². The number of benzene rings is 3. The molecule has 0 aliphatic carbocycles. The van der Waals surface area contributed by atoms with E-state index in [1.165, 1.54) is 16.5 Å². The predicted octanol–water partition coefficient (Wildman–Crippen LogP) is 4.70. The molecule has 0 fully saturated rings. The number of para-hydroxylation sites is 3. The van der Waals surface area contributed by atoms with E-state index in [1.54, 1.807) is 0 Å². The van der Waals surface area contributed by atoms with Gasteiger partial charge in [0, 0.05) is 58.3 Å². The van der Waals surface area contributed by atoms with Crippen LogP contribution in [0.1, 0.15) is 16.8 Å². The molecule has 39 heavy (non-hydrogen) atoms. The summed E-state index contributed by atoms with van der Waals surface area (Å²) >= 11 is 0. The molecule has 0 radical (unpaired) electrons. The Labute approximate surface area is 226 Å². The number of fused-ring (bicyclic) bond motifs is 3. The first-order valence-electron chi connectivity index (χ1n) is 12.8. The molecule has 6 rings (SSSR count). The standard InChI is InChI=1S/C11H12N2O2.C10H12N2.C10H9NO/c12-9(11(14)15)5-7-6-13-10-4-2-1-3-8(7)10;11-6-5-8-7-12-10-4-2-1-3-9(8)10;12-6-5-9-7-8-3-1-2-4-10(8)11-9/h1-4,6,9,13H,5,12H2,(H,14,15);1-4,7,12H,5-6,11H2;1-4,6-7,11H,5H2/t9-;;/m0../s1. The van der Waals surface area contributed by atoms with Crippen LogP contribution < -0.4 is 11.5 Å². The van der Waals surface area contributed by atoms with E-state index in [0.29, 0.717) is 19.4 Å². The lowest BCUT2D eigenvalue weighted by molar-refractivity contribution is -0.138. The van der Waals surface area contributed by atoms with E-state index >= 15 is 0 Å². The minimum absolute atomic E-state index is 0.347. The van der Waals surface area contributed by atoms with Gasteiger partial charge >= 0.3 is 5.97 Å². The van der Waals surface area contributed by atoms with E-state index in [4.69, 9.17) is 16.6 Å². The summed E-state index contributed by atoms with van der Waals surface area (Å²) in [6.07, 6.45) is 6.52. The highest BCUT2D eigenvalue weighted by molar-refractivity contribution is 5.85. The maximum atomic E-state index is 10.6. The number of hydrogen-bond donors (Lipinski definition) is 6. The largest absolute Gasteiger partial charge is 0.480 e. The maximum Gasteiger partial charge on any atom is 0.320 e. The summed E-state index contributed by atoms with van der Waals surface area (Å²) in [6, 6.07) is 25.2. The summed E-state index contributed by atoms with van der Waals surface area (Å²) in [5, 5.41) is 12.2. The van der Waals surface area contributed by atoms with E-state index in [-0.39, 0.29) is 0 Å². The molecule has 8 nitrogen and oxygen atoms in total. The molecule has 0 bridgehead atoms. The molecule has 0 amide bonds. The fraction of sp³-hybridized carbons (Fsp3) is 0.161. The molecule has 0 saturated carbocycles. The zero-order valence-electron chi connectivity index (χ0n) is 21.6. The Morgan fingerprint density at radius 2 is 1.41 bits per heavy atom. The van der Waals surface area contributed by atoms with Gasteiger partial charge in [-0.3, -0.25) is 4.79 Å². The number of rotatable bonds is 7. The summed E-state index contributed by atoms with van der Waals surface area (Å²) in [5.41, 5.74) is 17.5. The van der Waals surface area contributed by atoms with Crippen LogP contribution in [0.15, 0.2) is 91.3 Å². The number of carboxylic acids is 1. The summed E-state index contributed by atoms with van der Waals surface area (Å²) in [4.78, 5) is 30.3. The van der Waals surface area contributed by atoms with Crippen molar-refractivity contribution >= 4 is 45.0 Å². The Morgan fingerprint density at radius 3 is 2.00 bits per heavy atom. The van der Waals surface area contributed by atoms with Gasteiger partial charge in [0.15, 0.2) is 0 Å². The van der Waals surface area contributed by atoms with Gasteiger partial charge < -0.3 is 36.3 Å². The molecule has 8 N–H and O–H groups in total. The van der Waals surface area contributed by atoms with Crippen LogP contribution in [0.3, 0.4) is 0 Å². The van der Waals surface area contributed by atoms with Crippen molar-refractivity contribution in [2.45, 2.75) is 25.3 Å². The van der Waals surface area contributed by atoms with Gasteiger partial charge in [0.2, 0.25) is 0 Å². The molecule has 3 heterocycles. The first-order valence-corrected chi connectivity index (χ1v) is 12.8. The molecule has 200 valence electrons. The van der Waals surface area contributed by atoms with Gasteiger partial charge in [-0.15, -0.1) is 0 Å². The molecule has 6 aromatic rings. The molecule has 1 atom stereocenters. The van der Waals surface area contributed by atoms with E-state index in [2.05, 4.69) is 33.2 Å². The molecular formula is C31H33N5O3. The Balaban J connectivity index is 0.000000137. The van der Waals surface area contributed by atoms with Crippen molar-refractivity contribution in [3.05, 3.63) is 108 Å². The zero-order valence-corrected chi connectivity index (χ0v) is 21.6. The summed E-state index contributed by atoms with van der Waals surface area (Å²) in [6.45, 7) is 0.710. The molecule has 0 aliphatic rings. The molecule has 3 aromatic carbocycles. The van der Waals surface area contributed by atoms with Crippen LogP contribution in [0, 0.1) is 0 Å². The lowest BCUT2D eigenvalue weighted by atomic mass is 10.1. The van der Waals surface area contributed by atoms with E-state index in [1.807, 2.05) is 73.1 Å². The maximum absolute atomic E-state index is 10.6. The third-order valence-corrected chi connectivity index (χ3v) is 6.41. The van der Waals surface area contributed by atoms with Gasteiger partial charge in [-0.05, 0) is 53.7 Å². The lowest BCUT2D eigenvalue weighted by Crippen LogP contribution is -2.32. The van der Waals surface area contributed by atoms with Crippen LogP contribution in [0.4, 0.5) is 0 Å². The highest BCUT2D eigenvalue weighted by Gasteiger charge is 2.14. The number of aromatic amines is 3. The number of hydrogen-bond acceptors (Lipinski definition) is 4. The minimum Gasteiger partial charge on any atom is -0.480 e. The SMILES string of the molecule is NCCc1c[nH]c2ccccc12.N[C@@H](Cc1c[nH]c2ccccc12)C(=O)O.O=CCc1cc2ccccc2[nH]1. The molecule has 0 unspecified atom stereocenters. The summed E-state index contributed by atoms with van der Waals surface area (Å²) in [7, 11) is 0. The van der Waals surface area contributed by atoms with Crippen molar-refractivity contribution < 1.29 is 14.7 Å². The van der Waals surface area contributed by atoms with Crippen LogP contribution in [0.25, 0.3) is 32.7 Å². The number of carbonyl (C=O) groups is 2. The van der Waals surface area contributed by atoms with Gasteiger partial charge in [-0.1, -0.05) is 54.6 Å². The fourth-order valence-corrected chi connectivity index (χ4v) is 4.45. The van der Waals surface area contributed by atoms with Gasteiger partial charge in [0.05, 0.1) is 0 Å². The zero-order chi connectivity index (χ0) is 27.6. The summed E-state index contributed by atoms with van der Waals surface area (Å²) < 4.78 is 0. The van der Waals surface area contributed by atoms with Gasteiger partial charge in [-0.25, -0.2) is 0 Å². The highest BCUT2D eigenvalue weighted by Crippen LogP contribution is 2.19. The smallest absolute Gasteiger partial charge is 0.320 e. The third-order valence-electron chi connectivity index (χ3n) is 6.41. The number of aromatic nitrogens is 3. The number of aliphatic carboxylic acids is 1. The van der Waals surface area contributed by atoms with Gasteiger partial charge in [0.1, 0.15) is 12.3 Å². The van der Waals surface area contributed by atoms with Crippen molar-refractivity contribution in [2.24, 2.45) is 11.5 Å². The Morgan fingerprint density at radius 1 is 0.846 bits per heavy atom. The highest BCUT2D eigenvalue weighted by atomic mass is 16.4. The second-order valence-electron chi connectivity index (χ2n) is 9.16.